The number of nitrogens with zero attached hydrogens (tertiary/aromatic N) is 4. The van der Waals surface area contributed by atoms with E-state index in [4.69, 9.17) is 10.5 Å². The highest BCUT2D eigenvalue weighted by atomic mass is 16.5. The van der Waals surface area contributed by atoms with Crippen LogP contribution in [0.2, 0.25) is 0 Å². The Kier molecular flexibility index (Phi) is 3.79. The number of rotatable bonds is 5. The molecule has 0 spiro atoms. The molecule has 2 aromatic rings. The van der Waals surface area contributed by atoms with Crippen molar-refractivity contribution in [2.45, 2.75) is 12.5 Å². The van der Waals surface area contributed by atoms with Crippen LogP contribution in [0.5, 0.6) is 0 Å². The summed E-state index contributed by atoms with van der Waals surface area (Å²) in [6, 6.07) is 9.62. The number of benzene rings is 1. The molecule has 17 heavy (non-hydrogen) atoms. The summed E-state index contributed by atoms with van der Waals surface area (Å²) in [5.74, 6) is 0.737. The van der Waals surface area contributed by atoms with Crippen LogP contribution in [0.25, 0.3) is 5.69 Å². The Labute approximate surface area is 99.4 Å². The van der Waals surface area contributed by atoms with Crippen molar-refractivity contribution in [2.24, 2.45) is 5.73 Å². The van der Waals surface area contributed by atoms with Gasteiger partial charge < -0.3 is 10.5 Å². The molecule has 0 amide bonds. The predicted molar refractivity (Wildman–Crippen MR) is 62.7 cm³/mol. The SMILES string of the molecule is COCC(N)Cc1nnnn1-c1ccccc1. The van der Waals surface area contributed by atoms with Gasteiger partial charge >= 0.3 is 0 Å². The molecule has 6 nitrogen and oxygen atoms in total. The summed E-state index contributed by atoms with van der Waals surface area (Å²) in [5, 5.41) is 11.6. The summed E-state index contributed by atoms with van der Waals surface area (Å²) in [6.07, 6.45) is 0.579. The lowest BCUT2D eigenvalue weighted by Gasteiger charge is -2.09. The summed E-state index contributed by atoms with van der Waals surface area (Å²) in [4.78, 5) is 0. The zero-order valence-electron chi connectivity index (χ0n) is 9.65. The third-order valence-electron chi connectivity index (χ3n) is 2.36. The molecule has 1 aromatic carbocycles. The van der Waals surface area contributed by atoms with Gasteiger partial charge in [-0.2, -0.15) is 4.68 Å². The lowest BCUT2D eigenvalue weighted by molar-refractivity contribution is 0.179. The van der Waals surface area contributed by atoms with E-state index in [2.05, 4.69) is 15.5 Å². The van der Waals surface area contributed by atoms with Crippen LogP contribution in [-0.2, 0) is 11.2 Å². The van der Waals surface area contributed by atoms with Crippen molar-refractivity contribution in [1.82, 2.24) is 20.2 Å². The van der Waals surface area contributed by atoms with Gasteiger partial charge in [0.05, 0.1) is 12.3 Å². The quantitative estimate of drug-likeness (QED) is 0.797. The number of methoxy groups -OCH3 is 1. The highest BCUT2D eigenvalue weighted by molar-refractivity contribution is 5.30. The van der Waals surface area contributed by atoms with Crippen molar-refractivity contribution in [3.8, 4) is 5.69 Å². The molecule has 0 saturated carbocycles. The number of para-hydroxylation sites is 1. The van der Waals surface area contributed by atoms with Crippen LogP contribution >= 0.6 is 0 Å². The third-order valence-corrected chi connectivity index (χ3v) is 2.36. The molecule has 0 aliphatic heterocycles. The fraction of sp³-hybridized carbons (Fsp3) is 0.364. The Morgan fingerprint density at radius 1 is 1.35 bits per heavy atom. The first-order valence-corrected chi connectivity index (χ1v) is 5.38. The molecule has 1 heterocycles. The second-order valence-corrected chi connectivity index (χ2v) is 3.76. The Bertz CT molecular complexity index is 456. The van der Waals surface area contributed by atoms with E-state index in [1.165, 1.54) is 0 Å². The molecule has 0 aliphatic rings. The van der Waals surface area contributed by atoms with Gasteiger partial charge in [0.25, 0.3) is 0 Å². The highest BCUT2D eigenvalue weighted by Crippen LogP contribution is 2.08. The molecule has 0 bridgehead atoms. The van der Waals surface area contributed by atoms with E-state index < -0.39 is 0 Å². The van der Waals surface area contributed by atoms with Crippen LogP contribution in [0.1, 0.15) is 5.82 Å². The van der Waals surface area contributed by atoms with Gasteiger partial charge in [-0.1, -0.05) is 18.2 Å². The van der Waals surface area contributed by atoms with Crippen LogP contribution in [0.3, 0.4) is 0 Å². The molecule has 0 saturated heterocycles. The maximum absolute atomic E-state index is 5.89. The molecular weight excluding hydrogens is 218 g/mol. The van der Waals surface area contributed by atoms with Crippen LogP contribution in [0.4, 0.5) is 0 Å². The van der Waals surface area contributed by atoms with Gasteiger partial charge in [-0.15, -0.1) is 5.10 Å². The lowest BCUT2D eigenvalue weighted by Crippen LogP contribution is -2.29. The monoisotopic (exact) mass is 233 g/mol. The molecule has 90 valence electrons. The average Bonchev–Trinajstić information content (AvgIpc) is 2.78. The number of ether oxygens (including phenoxy) is 1. The molecule has 1 aromatic heterocycles. The second-order valence-electron chi connectivity index (χ2n) is 3.76. The van der Waals surface area contributed by atoms with E-state index in [0.717, 1.165) is 11.5 Å². The standard InChI is InChI=1S/C11H15N5O/c1-17-8-9(12)7-11-13-14-15-16(11)10-5-3-2-4-6-10/h2-6,9H,7-8,12H2,1H3. The maximum atomic E-state index is 5.89. The van der Waals surface area contributed by atoms with E-state index >= 15 is 0 Å². The Morgan fingerprint density at radius 3 is 2.82 bits per heavy atom. The van der Waals surface area contributed by atoms with Crippen LogP contribution in [0, 0.1) is 0 Å². The molecule has 2 N–H and O–H groups in total. The first-order chi connectivity index (χ1) is 8.31. The van der Waals surface area contributed by atoms with Gasteiger partial charge in [0.2, 0.25) is 0 Å². The summed E-state index contributed by atoms with van der Waals surface area (Å²) in [5.41, 5.74) is 6.82. The zero-order valence-corrected chi connectivity index (χ0v) is 9.65. The summed E-state index contributed by atoms with van der Waals surface area (Å²) >= 11 is 0. The normalized spacial score (nSPS) is 12.6. The fourth-order valence-electron chi connectivity index (χ4n) is 1.61. The number of tetrazole rings is 1. The molecule has 0 fully saturated rings. The maximum Gasteiger partial charge on any atom is 0.158 e. The topological polar surface area (TPSA) is 78.8 Å². The van der Waals surface area contributed by atoms with Gasteiger partial charge in [-0.3, -0.25) is 0 Å². The van der Waals surface area contributed by atoms with E-state index in [9.17, 15) is 0 Å². The summed E-state index contributed by atoms with van der Waals surface area (Å²) in [6.45, 7) is 0.488. The molecule has 0 radical (unpaired) electrons. The van der Waals surface area contributed by atoms with E-state index in [0.29, 0.717) is 13.0 Å². The van der Waals surface area contributed by atoms with Gasteiger partial charge in [0, 0.05) is 19.6 Å². The van der Waals surface area contributed by atoms with Gasteiger partial charge in [-0.05, 0) is 22.6 Å². The Morgan fingerprint density at radius 2 is 2.12 bits per heavy atom. The number of hydrogen-bond acceptors (Lipinski definition) is 5. The smallest absolute Gasteiger partial charge is 0.158 e. The van der Waals surface area contributed by atoms with Crippen molar-refractivity contribution >= 4 is 0 Å². The van der Waals surface area contributed by atoms with E-state index in [1.54, 1.807) is 11.8 Å². The Hall–Kier alpha value is -1.79. The molecule has 1 atom stereocenters. The van der Waals surface area contributed by atoms with Crippen molar-refractivity contribution in [3.63, 3.8) is 0 Å². The fourth-order valence-corrected chi connectivity index (χ4v) is 1.61. The predicted octanol–water partition coefficient (Wildman–Crippen LogP) is 0.179. The number of hydrogen-bond donors (Lipinski definition) is 1. The minimum Gasteiger partial charge on any atom is -0.383 e. The Balaban J connectivity index is 2.18. The van der Waals surface area contributed by atoms with Crippen LogP contribution < -0.4 is 5.73 Å². The van der Waals surface area contributed by atoms with Gasteiger partial charge in [0.1, 0.15) is 0 Å². The molecule has 2 rings (SSSR count). The van der Waals surface area contributed by atoms with Gasteiger partial charge in [-0.25, -0.2) is 0 Å². The van der Waals surface area contributed by atoms with Crippen molar-refractivity contribution in [3.05, 3.63) is 36.2 Å². The zero-order chi connectivity index (χ0) is 12.1. The minimum atomic E-state index is -0.103. The van der Waals surface area contributed by atoms with Crippen molar-refractivity contribution in [2.75, 3.05) is 13.7 Å². The minimum absolute atomic E-state index is 0.103. The van der Waals surface area contributed by atoms with E-state index in [1.807, 2.05) is 30.3 Å². The molecule has 1 unspecified atom stereocenters. The summed E-state index contributed by atoms with van der Waals surface area (Å²) < 4.78 is 6.69. The van der Waals surface area contributed by atoms with Crippen LogP contribution in [-0.4, -0.2) is 40.0 Å². The molecule has 0 aliphatic carbocycles. The first kappa shape index (κ1) is 11.7. The van der Waals surface area contributed by atoms with Crippen molar-refractivity contribution < 1.29 is 4.74 Å². The van der Waals surface area contributed by atoms with Crippen LogP contribution in [0.15, 0.2) is 30.3 Å². The lowest BCUT2D eigenvalue weighted by atomic mass is 10.2. The third kappa shape index (κ3) is 2.86. The second kappa shape index (κ2) is 5.51. The number of nitrogens with two attached hydrogens (primary N) is 1. The van der Waals surface area contributed by atoms with Gasteiger partial charge in [0.15, 0.2) is 5.82 Å². The van der Waals surface area contributed by atoms with E-state index in [-0.39, 0.29) is 6.04 Å². The average molecular weight is 233 g/mol. The summed E-state index contributed by atoms with van der Waals surface area (Å²) in [7, 11) is 1.63. The first-order valence-electron chi connectivity index (χ1n) is 5.38. The highest BCUT2D eigenvalue weighted by Gasteiger charge is 2.12. The molecular formula is C11H15N5O. The number of aromatic nitrogens is 4. The molecule has 6 heteroatoms. The van der Waals surface area contributed by atoms with Crippen molar-refractivity contribution in [1.29, 1.82) is 0 Å². The largest absolute Gasteiger partial charge is 0.383 e.